The van der Waals surface area contributed by atoms with E-state index in [4.69, 9.17) is 0 Å². The third-order valence-corrected chi connectivity index (χ3v) is 6.51. The summed E-state index contributed by atoms with van der Waals surface area (Å²) in [7, 11) is -3.15. The van der Waals surface area contributed by atoms with Gasteiger partial charge in [0, 0.05) is 44.2 Å². The summed E-state index contributed by atoms with van der Waals surface area (Å²) in [6.45, 7) is 6.50. The lowest BCUT2D eigenvalue weighted by Crippen LogP contribution is -2.41. The minimum absolute atomic E-state index is 0.112. The zero-order chi connectivity index (χ0) is 15.1. The molecule has 0 spiro atoms. The summed E-state index contributed by atoms with van der Waals surface area (Å²) in [4.78, 5) is 6.71. The molecular weight excluding hydrogens is 308 g/mol. The molecule has 2 saturated heterocycles. The second-order valence-corrected chi connectivity index (χ2v) is 8.57. The molecule has 2 aliphatic rings. The highest BCUT2D eigenvalue weighted by molar-refractivity contribution is 7.99. The van der Waals surface area contributed by atoms with E-state index in [1.165, 1.54) is 12.8 Å². The van der Waals surface area contributed by atoms with Crippen LogP contribution < -0.4 is 5.32 Å². The quantitative estimate of drug-likeness (QED) is 0.583. The van der Waals surface area contributed by atoms with Gasteiger partial charge in [-0.1, -0.05) is 0 Å². The molecule has 2 fully saturated rings. The van der Waals surface area contributed by atoms with E-state index in [-0.39, 0.29) is 5.75 Å². The number of guanidine groups is 1. The van der Waals surface area contributed by atoms with E-state index in [2.05, 4.69) is 15.2 Å². The van der Waals surface area contributed by atoms with Crippen LogP contribution in [0.15, 0.2) is 4.99 Å². The molecule has 2 aliphatic heterocycles. The fraction of sp³-hybridized carbons (Fsp3) is 0.923. The summed E-state index contributed by atoms with van der Waals surface area (Å²) < 4.78 is 26.1. The molecule has 0 atom stereocenters. The zero-order valence-corrected chi connectivity index (χ0v) is 14.4. The summed E-state index contributed by atoms with van der Waals surface area (Å²) in [5.74, 6) is 2.78. The molecule has 0 aromatic heterocycles. The van der Waals surface area contributed by atoms with Gasteiger partial charge < -0.3 is 10.2 Å². The Morgan fingerprint density at radius 1 is 1.19 bits per heavy atom. The molecule has 0 unspecified atom stereocenters. The van der Waals surface area contributed by atoms with E-state index in [9.17, 15) is 8.42 Å². The van der Waals surface area contributed by atoms with Gasteiger partial charge in [0.25, 0.3) is 0 Å². The van der Waals surface area contributed by atoms with Gasteiger partial charge in [-0.2, -0.15) is 11.8 Å². The Balaban J connectivity index is 1.88. The van der Waals surface area contributed by atoms with E-state index in [0.29, 0.717) is 19.6 Å². The maximum Gasteiger partial charge on any atom is 0.215 e. The molecule has 0 bridgehead atoms. The van der Waals surface area contributed by atoms with Crippen molar-refractivity contribution in [3.8, 4) is 0 Å². The molecule has 0 amide bonds. The van der Waals surface area contributed by atoms with E-state index < -0.39 is 10.0 Å². The van der Waals surface area contributed by atoms with Crippen LogP contribution in [0.4, 0.5) is 0 Å². The van der Waals surface area contributed by atoms with Crippen LogP contribution in [-0.4, -0.2) is 80.1 Å². The summed E-state index contributed by atoms with van der Waals surface area (Å²) in [5, 5.41) is 3.25. The Labute approximate surface area is 132 Å². The van der Waals surface area contributed by atoms with Crippen LogP contribution in [0.2, 0.25) is 0 Å². The molecular formula is C13H26N4O2S2. The van der Waals surface area contributed by atoms with Crippen molar-refractivity contribution in [2.75, 3.05) is 56.5 Å². The van der Waals surface area contributed by atoms with Crippen molar-refractivity contribution >= 4 is 27.7 Å². The third-order valence-electron chi connectivity index (χ3n) is 3.71. The van der Waals surface area contributed by atoms with Crippen molar-refractivity contribution in [1.29, 1.82) is 0 Å². The van der Waals surface area contributed by atoms with Gasteiger partial charge in [-0.3, -0.25) is 4.99 Å². The Kier molecular flexibility index (Phi) is 6.63. The molecule has 0 aromatic carbocycles. The second kappa shape index (κ2) is 8.24. The van der Waals surface area contributed by atoms with Crippen LogP contribution in [-0.2, 0) is 10.0 Å². The van der Waals surface area contributed by atoms with Crippen molar-refractivity contribution in [3.63, 3.8) is 0 Å². The van der Waals surface area contributed by atoms with Gasteiger partial charge in [0.2, 0.25) is 10.0 Å². The fourth-order valence-electron chi connectivity index (χ4n) is 2.58. The Bertz CT molecular complexity index is 441. The predicted octanol–water partition coefficient (Wildman–Crippen LogP) is 0.426. The number of sulfonamides is 1. The maximum atomic E-state index is 12.3. The normalized spacial score (nSPS) is 21.8. The molecule has 8 heteroatoms. The van der Waals surface area contributed by atoms with Gasteiger partial charge in [-0.25, -0.2) is 12.7 Å². The first-order valence-electron chi connectivity index (χ1n) is 7.72. The monoisotopic (exact) mass is 334 g/mol. The molecule has 122 valence electrons. The highest BCUT2D eigenvalue weighted by Gasteiger charge is 2.24. The van der Waals surface area contributed by atoms with Crippen LogP contribution in [0.5, 0.6) is 0 Å². The molecule has 2 rings (SSSR count). The molecule has 6 nitrogen and oxygen atoms in total. The van der Waals surface area contributed by atoms with Crippen LogP contribution in [0.25, 0.3) is 0 Å². The average molecular weight is 335 g/mol. The lowest BCUT2D eigenvalue weighted by atomic mass is 10.4. The van der Waals surface area contributed by atoms with Crippen molar-refractivity contribution in [2.24, 2.45) is 4.99 Å². The summed E-state index contributed by atoms with van der Waals surface area (Å²) in [5.41, 5.74) is 0. The van der Waals surface area contributed by atoms with E-state index >= 15 is 0 Å². The molecule has 21 heavy (non-hydrogen) atoms. The minimum Gasteiger partial charge on any atom is -0.357 e. The number of hydrogen-bond donors (Lipinski definition) is 1. The molecule has 0 radical (unpaired) electrons. The van der Waals surface area contributed by atoms with Gasteiger partial charge in [0.15, 0.2) is 5.96 Å². The number of hydrogen-bond acceptors (Lipinski definition) is 4. The number of aliphatic imine (C=N–C) groups is 1. The number of likely N-dealkylation sites (tertiary alicyclic amines) is 1. The lowest BCUT2D eigenvalue weighted by molar-refractivity contribution is 0.443. The highest BCUT2D eigenvalue weighted by Crippen LogP contribution is 2.13. The number of thioether (sulfide) groups is 1. The number of nitrogens with one attached hydrogen (secondary N) is 1. The van der Waals surface area contributed by atoms with Gasteiger partial charge in [0.05, 0.1) is 12.3 Å². The van der Waals surface area contributed by atoms with E-state index in [0.717, 1.165) is 37.1 Å². The Morgan fingerprint density at radius 3 is 2.48 bits per heavy atom. The highest BCUT2D eigenvalue weighted by atomic mass is 32.2. The van der Waals surface area contributed by atoms with Gasteiger partial charge in [-0.05, 0) is 19.8 Å². The standard InChI is InChI=1S/C13H26N4O2S2/c1-2-14-13(16-6-3-4-7-16)15-5-12-21(18,19)17-8-10-20-11-9-17/h2-12H2,1H3,(H,14,15). The van der Waals surface area contributed by atoms with Gasteiger partial charge in [0.1, 0.15) is 0 Å². The first-order valence-corrected chi connectivity index (χ1v) is 10.5. The molecule has 1 N–H and O–H groups in total. The SMILES string of the molecule is CCNC(=NCCS(=O)(=O)N1CCSCC1)N1CCCC1. The van der Waals surface area contributed by atoms with Gasteiger partial charge >= 0.3 is 0 Å². The van der Waals surface area contributed by atoms with Crippen molar-refractivity contribution in [2.45, 2.75) is 19.8 Å². The van der Waals surface area contributed by atoms with Crippen LogP contribution in [0.1, 0.15) is 19.8 Å². The third kappa shape index (κ3) is 5.03. The summed E-state index contributed by atoms with van der Waals surface area (Å²) >= 11 is 1.82. The van der Waals surface area contributed by atoms with E-state index in [1.54, 1.807) is 4.31 Å². The smallest absolute Gasteiger partial charge is 0.215 e. The number of rotatable bonds is 5. The van der Waals surface area contributed by atoms with Crippen LogP contribution in [0.3, 0.4) is 0 Å². The van der Waals surface area contributed by atoms with Gasteiger partial charge in [-0.15, -0.1) is 0 Å². The minimum atomic E-state index is -3.15. The zero-order valence-electron chi connectivity index (χ0n) is 12.8. The maximum absolute atomic E-state index is 12.3. The molecule has 0 saturated carbocycles. The second-order valence-electron chi connectivity index (χ2n) is 5.26. The Morgan fingerprint density at radius 2 is 1.86 bits per heavy atom. The molecule has 2 heterocycles. The summed E-state index contributed by atoms with van der Waals surface area (Å²) in [6.07, 6.45) is 2.38. The molecule has 0 aromatic rings. The van der Waals surface area contributed by atoms with E-state index in [1.807, 2.05) is 18.7 Å². The van der Waals surface area contributed by atoms with Crippen molar-refractivity contribution < 1.29 is 8.42 Å². The topological polar surface area (TPSA) is 65.0 Å². The van der Waals surface area contributed by atoms with Crippen molar-refractivity contribution in [3.05, 3.63) is 0 Å². The predicted molar refractivity (Wildman–Crippen MR) is 89.5 cm³/mol. The van der Waals surface area contributed by atoms with Crippen molar-refractivity contribution in [1.82, 2.24) is 14.5 Å². The summed E-state index contributed by atoms with van der Waals surface area (Å²) in [6, 6.07) is 0. The Hall–Kier alpha value is -0.470. The molecule has 0 aliphatic carbocycles. The first-order chi connectivity index (χ1) is 10.1. The largest absolute Gasteiger partial charge is 0.357 e. The average Bonchev–Trinajstić information content (AvgIpc) is 3.01. The fourth-order valence-corrected chi connectivity index (χ4v) is 5.03. The lowest BCUT2D eigenvalue weighted by Gasteiger charge is -2.25. The first kappa shape index (κ1) is 16.9. The van der Waals surface area contributed by atoms with Crippen LogP contribution in [0, 0.1) is 0 Å². The van der Waals surface area contributed by atoms with Crippen LogP contribution >= 0.6 is 11.8 Å². The number of nitrogens with zero attached hydrogens (tertiary/aromatic N) is 3.